The van der Waals surface area contributed by atoms with Gasteiger partial charge in [0.2, 0.25) is 0 Å². The Bertz CT molecular complexity index is 582. The first-order chi connectivity index (χ1) is 9.10. The fraction of sp³-hybridized carbons (Fsp3) is 0.308. The molecule has 19 heavy (non-hydrogen) atoms. The zero-order chi connectivity index (χ0) is 13.8. The number of nitrogens with zero attached hydrogens (tertiary/aromatic N) is 2. The molecule has 0 radical (unpaired) electrons. The van der Waals surface area contributed by atoms with Crippen molar-refractivity contribution >= 4 is 17.2 Å². The molecule has 100 valence electrons. The summed E-state index contributed by atoms with van der Waals surface area (Å²) in [5, 5.41) is 3.82. The van der Waals surface area contributed by atoms with Gasteiger partial charge >= 0.3 is 0 Å². The number of rotatable bonds is 4. The molecule has 1 amide bonds. The predicted molar refractivity (Wildman–Crippen MR) is 74.9 cm³/mol. The summed E-state index contributed by atoms with van der Waals surface area (Å²) in [5.74, 6) is -0.141. The van der Waals surface area contributed by atoms with Crippen molar-refractivity contribution in [1.29, 1.82) is 0 Å². The topological polar surface area (TPSA) is 80.9 Å². The van der Waals surface area contributed by atoms with Crippen LogP contribution in [0.4, 0.5) is 0 Å². The van der Waals surface area contributed by atoms with E-state index in [1.54, 1.807) is 29.7 Å². The van der Waals surface area contributed by atoms with E-state index < -0.39 is 0 Å². The van der Waals surface area contributed by atoms with Crippen molar-refractivity contribution in [3.05, 3.63) is 45.7 Å². The average molecular weight is 276 g/mol. The molecular weight excluding hydrogens is 260 g/mol. The van der Waals surface area contributed by atoms with E-state index in [0.29, 0.717) is 17.8 Å². The molecule has 3 N–H and O–H groups in total. The van der Waals surface area contributed by atoms with E-state index in [-0.39, 0.29) is 11.9 Å². The first-order valence-electron chi connectivity index (χ1n) is 5.98. The maximum atomic E-state index is 12.1. The van der Waals surface area contributed by atoms with Gasteiger partial charge in [-0.3, -0.25) is 9.78 Å². The molecule has 5 nitrogen and oxygen atoms in total. The van der Waals surface area contributed by atoms with Gasteiger partial charge in [0, 0.05) is 29.4 Å². The Morgan fingerprint density at radius 1 is 1.53 bits per heavy atom. The van der Waals surface area contributed by atoms with E-state index in [4.69, 9.17) is 5.73 Å². The Kier molecular flexibility index (Phi) is 4.24. The number of thiazole rings is 1. The second-order valence-corrected chi connectivity index (χ2v) is 5.51. The molecule has 1 unspecified atom stereocenters. The van der Waals surface area contributed by atoms with E-state index in [2.05, 4.69) is 15.3 Å². The highest BCUT2D eigenvalue weighted by molar-refractivity contribution is 7.11. The third kappa shape index (κ3) is 3.36. The number of aromatic nitrogens is 2. The van der Waals surface area contributed by atoms with Crippen LogP contribution in [0.15, 0.2) is 24.5 Å². The maximum absolute atomic E-state index is 12.1. The summed E-state index contributed by atoms with van der Waals surface area (Å²) in [6.07, 6.45) is 3.40. The summed E-state index contributed by atoms with van der Waals surface area (Å²) >= 11 is 1.58. The minimum absolute atomic E-state index is 0.110. The zero-order valence-electron chi connectivity index (χ0n) is 10.9. The predicted octanol–water partition coefficient (Wildman–Crippen LogP) is 1.80. The Morgan fingerprint density at radius 2 is 2.32 bits per heavy atom. The Hall–Kier alpha value is -1.79. The number of hydrogen-bond acceptors (Lipinski definition) is 5. The molecule has 0 fully saturated rings. The van der Waals surface area contributed by atoms with Gasteiger partial charge in [-0.2, -0.15) is 0 Å². The SMILES string of the molecule is Cc1cnc(C(C)NC(=O)c2ccnc(CN)c2)s1. The molecule has 0 aliphatic carbocycles. The van der Waals surface area contributed by atoms with Crippen LogP contribution in [0.5, 0.6) is 0 Å². The third-order valence-electron chi connectivity index (χ3n) is 2.65. The van der Waals surface area contributed by atoms with Crippen LogP contribution in [0.2, 0.25) is 0 Å². The van der Waals surface area contributed by atoms with Gasteiger partial charge in [-0.15, -0.1) is 11.3 Å². The lowest BCUT2D eigenvalue weighted by atomic mass is 10.2. The summed E-state index contributed by atoms with van der Waals surface area (Å²) in [6, 6.07) is 3.27. The molecule has 1 atom stereocenters. The summed E-state index contributed by atoms with van der Waals surface area (Å²) in [4.78, 5) is 21.6. The largest absolute Gasteiger partial charge is 0.343 e. The van der Waals surface area contributed by atoms with Crippen molar-refractivity contribution in [2.45, 2.75) is 26.4 Å². The van der Waals surface area contributed by atoms with Gasteiger partial charge in [-0.05, 0) is 26.0 Å². The summed E-state index contributed by atoms with van der Waals surface area (Å²) in [7, 11) is 0. The molecular formula is C13H16N4OS. The summed E-state index contributed by atoms with van der Waals surface area (Å²) < 4.78 is 0. The van der Waals surface area contributed by atoms with Crippen molar-refractivity contribution < 1.29 is 4.79 Å². The molecule has 0 aliphatic heterocycles. The Morgan fingerprint density at radius 3 is 2.95 bits per heavy atom. The van der Waals surface area contributed by atoms with Crippen LogP contribution in [0.3, 0.4) is 0 Å². The second kappa shape index (κ2) is 5.90. The highest BCUT2D eigenvalue weighted by atomic mass is 32.1. The number of hydrogen-bond donors (Lipinski definition) is 2. The Balaban J connectivity index is 2.08. The number of nitrogens with two attached hydrogens (primary N) is 1. The van der Waals surface area contributed by atoms with E-state index in [0.717, 1.165) is 9.88 Å². The number of aryl methyl sites for hydroxylation is 1. The van der Waals surface area contributed by atoms with Crippen LogP contribution in [0.1, 0.15) is 38.9 Å². The van der Waals surface area contributed by atoms with Gasteiger partial charge in [-0.25, -0.2) is 4.98 Å². The normalized spacial score (nSPS) is 12.2. The average Bonchev–Trinajstić information content (AvgIpc) is 2.85. The molecule has 6 heteroatoms. The van der Waals surface area contributed by atoms with Crippen LogP contribution < -0.4 is 11.1 Å². The molecule has 0 spiro atoms. The lowest BCUT2D eigenvalue weighted by Crippen LogP contribution is -2.26. The first-order valence-corrected chi connectivity index (χ1v) is 6.80. The Labute approximate surface area is 115 Å². The van der Waals surface area contributed by atoms with Gasteiger partial charge < -0.3 is 11.1 Å². The number of amides is 1. The van der Waals surface area contributed by atoms with E-state index in [9.17, 15) is 4.79 Å². The molecule has 0 saturated heterocycles. The van der Waals surface area contributed by atoms with Crippen molar-refractivity contribution in [3.8, 4) is 0 Å². The smallest absolute Gasteiger partial charge is 0.251 e. The third-order valence-corrected chi connectivity index (χ3v) is 3.74. The number of carbonyl (C=O) groups excluding carboxylic acids is 1. The minimum atomic E-state index is -0.141. The molecule has 0 bridgehead atoms. The van der Waals surface area contributed by atoms with Crippen LogP contribution in [-0.4, -0.2) is 15.9 Å². The molecule has 2 heterocycles. The minimum Gasteiger partial charge on any atom is -0.343 e. The van der Waals surface area contributed by atoms with E-state index in [1.807, 2.05) is 20.0 Å². The summed E-state index contributed by atoms with van der Waals surface area (Å²) in [6.45, 7) is 4.23. The fourth-order valence-corrected chi connectivity index (χ4v) is 2.42. The monoisotopic (exact) mass is 276 g/mol. The lowest BCUT2D eigenvalue weighted by Gasteiger charge is -2.11. The van der Waals surface area contributed by atoms with E-state index >= 15 is 0 Å². The first kappa shape index (κ1) is 13.6. The molecule has 0 aliphatic rings. The highest BCUT2D eigenvalue weighted by Crippen LogP contribution is 2.19. The van der Waals surface area contributed by atoms with Crippen LogP contribution in [0, 0.1) is 6.92 Å². The van der Waals surface area contributed by atoms with Crippen molar-refractivity contribution in [3.63, 3.8) is 0 Å². The fourth-order valence-electron chi connectivity index (χ4n) is 1.65. The second-order valence-electron chi connectivity index (χ2n) is 4.24. The molecule has 0 aromatic carbocycles. The molecule has 2 aromatic heterocycles. The van der Waals surface area contributed by atoms with Gasteiger partial charge in [0.05, 0.1) is 11.7 Å². The van der Waals surface area contributed by atoms with Crippen LogP contribution in [0.25, 0.3) is 0 Å². The van der Waals surface area contributed by atoms with Crippen LogP contribution >= 0.6 is 11.3 Å². The van der Waals surface area contributed by atoms with Crippen molar-refractivity contribution in [2.24, 2.45) is 5.73 Å². The number of pyridine rings is 1. The van der Waals surface area contributed by atoms with Gasteiger partial charge in [0.15, 0.2) is 0 Å². The van der Waals surface area contributed by atoms with Gasteiger partial charge in [0.25, 0.3) is 5.91 Å². The van der Waals surface area contributed by atoms with Crippen molar-refractivity contribution in [1.82, 2.24) is 15.3 Å². The zero-order valence-corrected chi connectivity index (χ0v) is 11.7. The number of nitrogens with one attached hydrogen (secondary N) is 1. The molecule has 2 rings (SSSR count). The number of carbonyl (C=O) groups is 1. The van der Waals surface area contributed by atoms with Crippen molar-refractivity contribution in [2.75, 3.05) is 0 Å². The van der Waals surface area contributed by atoms with E-state index in [1.165, 1.54) is 0 Å². The van der Waals surface area contributed by atoms with Gasteiger partial charge in [-0.1, -0.05) is 0 Å². The molecule has 2 aromatic rings. The highest BCUT2D eigenvalue weighted by Gasteiger charge is 2.14. The van der Waals surface area contributed by atoms with Gasteiger partial charge in [0.1, 0.15) is 5.01 Å². The quantitative estimate of drug-likeness (QED) is 0.892. The lowest BCUT2D eigenvalue weighted by molar-refractivity contribution is 0.0939. The molecule has 0 saturated carbocycles. The van der Waals surface area contributed by atoms with Crippen LogP contribution in [-0.2, 0) is 6.54 Å². The summed E-state index contributed by atoms with van der Waals surface area (Å²) in [5.41, 5.74) is 6.78. The standard InChI is InChI=1S/C13H16N4OS/c1-8-7-16-13(19-8)9(2)17-12(18)10-3-4-15-11(5-10)6-14/h3-5,7,9H,6,14H2,1-2H3,(H,17,18). The maximum Gasteiger partial charge on any atom is 0.251 e.